The first-order chi connectivity index (χ1) is 9.35. The van der Waals surface area contributed by atoms with Crippen molar-refractivity contribution in [2.45, 2.75) is 37.1 Å². The molecule has 0 fully saturated rings. The summed E-state index contributed by atoms with van der Waals surface area (Å²) in [6.07, 6.45) is 1.07. The molecule has 1 aromatic heterocycles. The molecule has 116 valence electrons. The van der Waals surface area contributed by atoms with Gasteiger partial charge in [-0.25, -0.2) is 13.1 Å². The van der Waals surface area contributed by atoms with Crippen LogP contribution in [0.4, 0.5) is 0 Å². The minimum absolute atomic E-state index is 0.112. The molecule has 1 rings (SSSR count). The Bertz CT molecular complexity index is 497. The van der Waals surface area contributed by atoms with Gasteiger partial charge in [0.25, 0.3) is 0 Å². The average Bonchev–Trinajstić information content (AvgIpc) is 2.76. The van der Waals surface area contributed by atoms with Crippen LogP contribution in [-0.4, -0.2) is 46.5 Å². The number of hydrogen-bond donors (Lipinski definition) is 2. The predicted octanol–water partition coefficient (Wildman–Crippen LogP) is 1.48. The van der Waals surface area contributed by atoms with Crippen molar-refractivity contribution in [3.05, 3.63) is 17.0 Å². The van der Waals surface area contributed by atoms with E-state index in [4.69, 9.17) is 0 Å². The standard InChI is InChI=1S/C13H25N3O2S2/c1-5-6-14-8-12-7-13(19-10-12)20(17,18)15-11(2)9-16(3)4/h7,10-11,14-15H,5-6,8-9H2,1-4H3. The molecular formula is C13H25N3O2S2. The fourth-order valence-electron chi connectivity index (χ4n) is 1.90. The Morgan fingerprint density at radius 2 is 2.10 bits per heavy atom. The topological polar surface area (TPSA) is 61.4 Å². The molecule has 0 aliphatic heterocycles. The highest BCUT2D eigenvalue weighted by atomic mass is 32.2. The number of nitrogens with zero attached hydrogens (tertiary/aromatic N) is 1. The second-order valence-electron chi connectivity index (χ2n) is 5.24. The number of sulfonamides is 1. The second kappa shape index (κ2) is 8.09. The molecule has 0 amide bonds. The van der Waals surface area contributed by atoms with Gasteiger partial charge in [0.05, 0.1) is 0 Å². The van der Waals surface area contributed by atoms with Gasteiger partial charge in [-0.15, -0.1) is 11.3 Å². The minimum Gasteiger partial charge on any atom is -0.313 e. The number of nitrogens with one attached hydrogen (secondary N) is 2. The van der Waals surface area contributed by atoms with E-state index in [-0.39, 0.29) is 6.04 Å². The van der Waals surface area contributed by atoms with Gasteiger partial charge in [-0.2, -0.15) is 0 Å². The van der Waals surface area contributed by atoms with E-state index < -0.39 is 10.0 Å². The molecule has 0 bridgehead atoms. The number of likely N-dealkylation sites (N-methyl/N-ethyl adjacent to an activating group) is 1. The van der Waals surface area contributed by atoms with Crippen molar-refractivity contribution in [1.82, 2.24) is 14.9 Å². The molecule has 0 aromatic carbocycles. The van der Waals surface area contributed by atoms with Crippen LogP contribution in [-0.2, 0) is 16.6 Å². The lowest BCUT2D eigenvalue weighted by Crippen LogP contribution is -2.39. The molecule has 0 saturated carbocycles. The van der Waals surface area contributed by atoms with Gasteiger partial charge >= 0.3 is 0 Å². The lowest BCUT2D eigenvalue weighted by Gasteiger charge is -2.17. The minimum atomic E-state index is -3.40. The van der Waals surface area contributed by atoms with Crippen LogP contribution in [0.1, 0.15) is 25.8 Å². The number of rotatable bonds is 9. The molecule has 2 N–H and O–H groups in total. The van der Waals surface area contributed by atoms with Crippen molar-refractivity contribution in [1.29, 1.82) is 0 Å². The third-order valence-corrected chi connectivity index (χ3v) is 5.72. The van der Waals surface area contributed by atoms with Gasteiger partial charge in [-0.1, -0.05) is 6.92 Å². The maximum Gasteiger partial charge on any atom is 0.250 e. The normalized spacial score (nSPS) is 13.8. The summed E-state index contributed by atoms with van der Waals surface area (Å²) < 4.78 is 27.5. The molecular weight excluding hydrogens is 294 g/mol. The van der Waals surface area contributed by atoms with Crippen LogP contribution in [0.25, 0.3) is 0 Å². The summed E-state index contributed by atoms with van der Waals surface area (Å²) in [6, 6.07) is 1.64. The smallest absolute Gasteiger partial charge is 0.250 e. The molecule has 5 nitrogen and oxygen atoms in total. The largest absolute Gasteiger partial charge is 0.313 e. The van der Waals surface area contributed by atoms with Gasteiger partial charge in [0.15, 0.2) is 0 Å². The van der Waals surface area contributed by atoms with E-state index in [0.29, 0.717) is 17.3 Å². The maximum atomic E-state index is 12.2. The second-order valence-corrected chi connectivity index (χ2v) is 8.09. The highest BCUT2D eigenvalue weighted by molar-refractivity contribution is 7.91. The van der Waals surface area contributed by atoms with Gasteiger partial charge in [-0.05, 0) is 51.0 Å². The molecule has 0 aliphatic rings. The maximum absolute atomic E-state index is 12.2. The molecule has 20 heavy (non-hydrogen) atoms. The van der Waals surface area contributed by atoms with E-state index in [2.05, 4.69) is 17.0 Å². The SMILES string of the molecule is CCCNCc1csc(S(=O)(=O)NC(C)CN(C)C)c1. The van der Waals surface area contributed by atoms with Gasteiger partial charge in [-0.3, -0.25) is 0 Å². The highest BCUT2D eigenvalue weighted by Gasteiger charge is 2.19. The van der Waals surface area contributed by atoms with E-state index in [1.54, 1.807) is 6.07 Å². The first-order valence-corrected chi connectivity index (χ1v) is 9.16. The lowest BCUT2D eigenvalue weighted by molar-refractivity contribution is 0.370. The van der Waals surface area contributed by atoms with Crippen LogP contribution in [0, 0.1) is 0 Å². The molecule has 0 saturated heterocycles. The van der Waals surface area contributed by atoms with Gasteiger partial charge in [0, 0.05) is 19.1 Å². The zero-order valence-corrected chi connectivity index (χ0v) is 14.3. The van der Waals surface area contributed by atoms with E-state index in [1.807, 2.05) is 31.3 Å². The first-order valence-electron chi connectivity index (χ1n) is 6.80. The molecule has 0 aliphatic carbocycles. The Morgan fingerprint density at radius 1 is 1.40 bits per heavy atom. The van der Waals surface area contributed by atoms with E-state index in [0.717, 1.165) is 18.5 Å². The summed E-state index contributed by atoms with van der Waals surface area (Å²) in [5.41, 5.74) is 1.02. The third kappa shape index (κ3) is 5.88. The number of thiophene rings is 1. The van der Waals surface area contributed by atoms with Crippen molar-refractivity contribution < 1.29 is 8.42 Å². The first kappa shape index (κ1) is 17.6. The Hall–Kier alpha value is -0.470. The average molecular weight is 319 g/mol. The molecule has 1 heterocycles. The van der Waals surface area contributed by atoms with Crippen LogP contribution in [0.3, 0.4) is 0 Å². The molecule has 7 heteroatoms. The summed E-state index contributed by atoms with van der Waals surface area (Å²) in [6.45, 7) is 6.31. The zero-order valence-electron chi connectivity index (χ0n) is 12.6. The molecule has 0 spiro atoms. The molecule has 0 radical (unpaired) electrons. The van der Waals surface area contributed by atoms with Crippen LogP contribution < -0.4 is 10.0 Å². The summed E-state index contributed by atoms with van der Waals surface area (Å²) in [4.78, 5) is 1.96. The van der Waals surface area contributed by atoms with Crippen molar-refractivity contribution in [3.63, 3.8) is 0 Å². The van der Waals surface area contributed by atoms with Crippen molar-refractivity contribution >= 4 is 21.4 Å². The monoisotopic (exact) mass is 319 g/mol. The van der Waals surface area contributed by atoms with Crippen LogP contribution in [0.15, 0.2) is 15.7 Å². The summed E-state index contributed by atoms with van der Waals surface area (Å²) in [7, 11) is 0.447. The summed E-state index contributed by atoms with van der Waals surface area (Å²) >= 11 is 1.27. The molecule has 1 aromatic rings. The van der Waals surface area contributed by atoms with Crippen LogP contribution in [0.2, 0.25) is 0 Å². The van der Waals surface area contributed by atoms with Crippen LogP contribution >= 0.6 is 11.3 Å². The van der Waals surface area contributed by atoms with Gasteiger partial charge in [0.2, 0.25) is 10.0 Å². The van der Waals surface area contributed by atoms with E-state index in [1.165, 1.54) is 11.3 Å². The van der Waals surface area contributed by atoms with Gasteiger partial charge in [0.1, 0.15) is 4.21 Å². The molecule has 1 atom stereocenters. The fraction of sp³-hybridized carbons (Fsp3) is 0.692. The summed E-state index contributed by atoms with van der Waals surface area (Å²) in [5.74, 6) is 0. The highest BCUT2D eigenvalue weighted by Crippen LogP contribution is 2.20. The molecule has 1 unspecified atom stereocenters. The zero-order chi connectivity index (χ0) is 15.2. The quantitative estimate of drug-likeness (QED) is 0.677. The van der Waals surface area contributed by atoms with Gasteiger partial charge < -0.3 is 10.2 Å². The lowest BCUT2D eigenvalue weighted by atomic mass is 10.3. The Kier molecular flexibility index (Phi) is 7.11. The van der Waals surface area contributed by atoms with Crippen LogP contribution in [0.5, 0.6) is 0 Å². The Balaban J connectivity index is 2.63. The van der Waals surface area contributed by atoms with E-state index in [9.17, 15) is 8.42 Å². The Morgan fingerprint density at radius 3 is 2.70 bits per heavy atom. The van der Waals surface area contributed by atoms with Crippen molar-refractivity contribution in [2.75, 3.05) is 27.2 Å². The number of hydrogen-bond acceptors (Lipinski definition) is 5. The summed E-state index contributed by atoms with van der Waals surface area (Å²) in [5, 5.41) is 5.16. The fourth-order valence-corrected chi connectivity index (χ4v) is 4.36. The third-order valence-electron chi connectivity index (χ3n) is 2.65. The Labute approximate surface area is 126 Å². The van der Waals surface area contributed by atoms with Crippen molar-refractivity contribution in [2.24, 2.45) is 0 Å². The van der Waals surface area contributed by atoms with Crippen molar-refractivity contribution in [3.8, 4) is 0 Å². The van der Waals surface area contributed by atoms with E-state index >= 15 is 0 Å². The predicted molar refractivity (Wildman–Crippen MR) is 84.7 cm³/mol.